The van der Waals surface area contributed by atoms with Crippen LogP contribution in [-0.4, -0.2) is 23.9 Å². The molecule has 2 unspecified atom stereocenters. The lowest BCUT2D eigenvalue weighted by Crippen LogP contribution is -2.40. The van der Waals surface area contributed by atoms with Crippen molar-refractivity contribution < 1.29 is 9.84 Å². The van der Waals surface area contributed by atoms with Crippen LogP contribution in [-0.2, 0) is 6.42 Å². The first-order valence-electron chi connectivity index (χ1n) is 6.51. The van der Waals surface area contributed by atoms with Crippen LogP contribution < -0.4 is 10.5 Å². The van der Waals surface area contributed by atoms with Gasteiger partial charge in [-0.3, -0.25) is 0 Å². The van der Waals surface area contributed by atoms with E-state index < -0.39 is 6.10 Å². The predicted octanol–water partition coefficient (Wildman–Crippen LogP) is 2.65. The molecule has 2 aromatic rings. The fraction of sp³-hybridized carbons (Fsp3) is 0.250. The molecule has 0 saturated carbocycles. The molecule has 0 fully saturated rings. The average molecular weight is 292 g/mol. The summed E-state index contributed by atoms with van der Waals surface area (Å²) < 4.78 is 5.49. The summed E-state index contributed by atoms with van der Waals surface area (Å²) in [7, 11) is 0. The number of nitrogens with two attached hydrogens (primary N) is 1. The fourth-order valence-electron chi connectivity index (χ4n) is 1.88. The molecule has 0 bridgehead atoms. The van der Waals surface area contributed by atoms with Gasteiger partial charge in [-0.25, -0.2) is 0 Å². The second-order valence-electron chi connectivity index (χ2n) is 4.69. The molecule has 0 amide bonds. The van der Waals surface area contributed by atoms with Gasteiger partial charge in [0.1, 0.15) is 18.5 Å². The van der Waals surface area contributed by atoms with Crippen LogP contribution in [0, 0.1) is 0 Å². The summed E-state index contributed by atoms with van der Waals surface area (Å²) >= 11 is 5.86. The standard InChI is InChI=1S/C16H18ClNO2/c17-13-7-4-8-14(10-13)20-11-16(19)15(18)9-12-5-2-1-3-6-12/h1-8,10,15-16,19H,9,11,18H2. The zero-order valence-electron chi connectivity index (χ0n) is 11.1. The molecule has 3 nitrogen and oxygen atoms in total. The summed E-state index contributed by atoms with van der Waals surface area (Å²) in [6, 6.07) is 16.5. The zero-order valence-corrected chi connectivity index (χ0v) is 11.8. The van der Waals surface area contributed by atoms with Gasteiger partial charge in [0.2, 0.25) is 0 Å². The maximum absolute atomic E-state index is 10.0. The van der Waals surface area contributed by atoms with Crippen molar-refractivity contribution in [2.75, 3.05) is 6.61 Å². The lowest BCUT2D eigenvalue weighted by atomic mass is 10.0. The van der Waals surface area contributed by atoms with E-state index in [1.165, 1.54) is 0 Å². The van der Waals surface area contributed by atoms with Crippen molar-refractivity contribution in [2.24, 2.45) is 5.73 Å². The van der Waals surface area contributed by atoms with Crippen molar-refractivity contribution in [1.29, 1.82) is 0 Å². The van der Waals surface area contributed by atoms with Crippen LogP contribution in [0.1, 0.15) is 5.56 Å². The van der Waals surface area contributed by atoms with E-state index in [0.29, 0.717) is 17.2 Å². The number of aliphatic hydroxyl groups excluding tert-OH is 1. The third-order valence-electron chi connectivity index (χ3n) is 3.03. The maximum Gasteiger partial charge on any atom is 0.120 e. The summed E-state index contributed by atoms with van der Waals surface area (Å²) in [4.78, 5) is 0. The van der Waals surface area contributed by atoms with Crippen LogP contribution in [0.15, 0.2) is 54.6 Å². The van der Waals surface area contributed by atoms with Gasteiger partial charge >= 0.3 is 0 Å². The van der Waals surface area contributed by atoms with Crippen molar-refractivity contribution in [1.82, 2.24) is 0 Å². The van der Waals surface area contributed by atoms with E-state index in [1.807, 2.05) is 30.3 Å². The number of hydrogen-bond acceptors (Lipinski definition) is 3. The molecule has 3 N–H and O–H groups in total. The highest BCUT2D eigenvalue weighted by atomic mass is 35.5. The molecule has 0 heterocycles. The minimum atomic E-state index is -0.728. The summed E-state index contributed by atoms with van der Waals surface area (Å²) in [6.07, 6.45) is -0.116. The van der Waals surface area contributed by atoms with E-state index in [1.54, 1.807) is 24.3 Å². The third kappa shape index (κ3) is 4.53. The highest BCUT2D eigenvalue weighted by Crippen LogP contribution is 2.17. The van der Waals surface area contributed by atoms with Gasteiger partial charge in [-0.15, -0.1) is 0 Å². The molecule has 0 spiro atoms. The molecule has 106 valence electrons. The van der Waals surface area contributed by atoms with Crippen molar-refractivity contribution in [3.63, 3.8) is 0 Å². The molecule has 0 radical (unpaired) electrons. The van der Waals surface area contributed by atoms with Crippen molar-refractivity contribution in [3.05, 3.63) is 65.2 Å². The lowest BCUT2D eigenvalue weighted by molar-refractivity contribution is 0.0851. The molecule has 0 saturated heterocycles. The van der Waals surface area contributed by atoms with Gasteiger partial charge in [-0.05, 0) is 30.2 Å². The van der Waals surface area contributed by atoms with Crippen molar-refractivity contribution in [3.8, 4) is 5.75 Å². The second kappa shape index (κ2) is 7.29. The van der Waals surface area contributed by atoms with Crippen molar-refractivity contribution >= 4 is 11.6 Å². The van der Waals surface area contributed by atoms with E-state index in [-0.39, 0.29) is 12.6 Å². The van der Waals surface area contributed by atoms with Gasteiger partial charge in [0.05, 0.1) is 0 Å². The molecule has 2 rings (SSSR count). The van der Waals surface area contributed by atoms with Gasteiger partial charge < -0.3 is 15.6 Å². The van der Waals surface area contributed by atoms with Gasteiger partial charge in [0.15, 0.2) is 0 Å². The first-order valence-corrected chi connectivity index (χ1v) is 6.89. The minimum Gasteiger partial charge on any atom is -0.491 e. The van der Waals surface area contributed by atoms with Crippen LogP contribution in [0.4, 0.5) is 0 Å². The Kier molecular flexibility index (Phi) is 5.41. The topological polar surface area (TPSA) is 55.5 Å². The molecule has 0 aliphatic carbocycles. The predicted molar refractivity (Wildman–Crippen MR) is 81.1 cm³/mol. The van der Waals surface area contributed by atoms with Crippen LogP contribution >= 0.6 is 11.6 Å². The Hall–Kier alpha value is -1.55. The van der Waals surface area contributed by atoms with Crippen LogP contribution in [0.5, 0.6) is 5.75 Å². The average Bonchev–Trinajstić information content (AvgIpc) is 2.46. The maximum atomic E-state index is 10.0. The molecule has 0 aliphatic heterocycles. The van der Waals surface area contributed by atoms with E-state index in [2.05, 4.69) is 0 Å². The van der Waals surface area contributed by atoms with Crippen LogP contribution in [0.2, 0.25) is 5.02 Å². The third-order valence-corrected chi connectivity index (χ3v) is 3.26. The summed E-state index contributed by atoms with van der Waals surface area (Å²) in [5.41, 5.74) is 7.09. The van der Waals surface area contributed by atoms with E-state index >= 15 is 0 Å². The second-order valence-corrected chi connectivity index (χ2v) is 5.13. The first kappa shape index (κ1) is 14.9. The number of ether oxygens (including phenoxy) is 1. The molecule has 2 aromatic carbocycles. The van der Waals surface area contributed by atoms with E-state index in [4.69, 9.17) is 22.1 Å². The van der Waals surface area contributed by atoms with Gasteiger partial charge in [0.25, 0.3) is 0 Å². The summed E-state index contributed by atoms with van der Waals surface area (Å²) in [5.74, 6) is 0.628. The van der Waals surface area contributed by atoms with E-state index in [9.17, 15) is 5.11 Å². The Morgan fingerprint density at radius 2 is 1.85 bits per heavy atom. The van der Waals surface area contributed by atoms with E-state index in [0.717, 1.165) is 5.56 Å². The Balaban J connectivity index is 1.83. The number of aliphatic hydroxyl groups is 1. The summed E-state index contributed by atoms with van der Waals surface area (Å²) in [6.45, 7) is 0.147. The lowest BCUT2D eigenvalue weighted by Gasteiger charge is -2.19. The smallest absolute Gasteiger partial charge is 0.120 e. The number of hydrogen-bond donors (Lipinski definition) is 2. The molecule has 4 heteroatoms. The molecular weight excluding hydrogens is 274 g/mol. The molecule has 2 atom stereocenters. The summed E-state index contributed by atoms with van der Waals surface area (Å²) in [5, 5.41) is 10.6. The largest absolute Gasteiger partial charge is 0.491 e. The van der Waals surface area contributed by atoms with Crippen molar-refractivity contribution in [2.45, 2.75) is 18.6 Å². The van der Waals surface area contributed by atoms with Gasteiger partial charge in [-0.1, -0.05) is 48.0 Å². The number of benzene rings is 2. The highest BCUT2D eigenvalue weighted by Gasteiger charge is 2.16. The minimum absolute atomic E-state index is 0.147. The Labute approximate surface area is 123 Å². The SMILES string of the molecule is NC(Cc1ccccc1)C(O)COc1cccc(Cl)c1. The van der Waals surface area contributed by atoms with Gasteiger partial charge in [0, 0.05) is 11.1 Å². The van der Waals surface area contributed by atoms with Crippen LogP contribution in [0.3, 0.4) is 0 Å². The zero-order chi connectivity index (χ0) is 14.4. The monoisotopic (exact) mass is 291 g/mol. The quantitative estimate of drug-likeness (QED) is 0.860. The fourth-order valence-corrected chi connectivity index (χ4v) is 2.06. The van der Waals surface area contributed by atoms with Crippen LogP contribution in [0.25, 0.3) is 0 Å². The molecule has 0 aliphatic rings. The molecule has 20 heavy (non-hydrogen) atoms. The number of halogens is 1. The Morgan fingerprint density at radius 1 is 1.10 bits per heavy atom. The highest BCUT2D eigenvalue weighted by molar-refractivity contribution is 6.30. The molecular formula is C16H18ClNO2. The van der Waals surface area contributed by atoms with Gasteiger partial charge in [-0.2, -0.15) is 0 Å². The Bertz CT molecular complexity index is 533. The normalized spacial score (nSPS) is 13.8. The first-order chi connectivity index (χ1) is 9.65. The molecule has 0 aromatic heterocycles. The Morgan fingerprint density at radius 3 is 2.55 bits per heavy atom. The number of rotatable bonds is 6.